The van der Waals surface area contributed by atoms with Crippen LogP contribution in [0.4, 0.5) is 0 Å². The van der Waals surface area contributed by atoms with Gasteiger partial charge in [0.1, 0.15) is 5.78 Å². The molecule has 0 unspecified atom stereocenters. The van der Waals surface area contributed by atoms with Gasteiger partial charge in [-0.2, -0.15) is 0 Å². The van der Waals surface area contributed by atoms with E-state index in [1.807, 2.05) is 31.2 Å². The molecule has 1 saturated heterocycles. The summed E-state index contributed by atoms with van der Waals surface area (Å²) < 4.78 is 28.4. The highest BCUT2D eigenvalue weighted by molar-refractivity contribution is 7.89. The highest BCUT2D eigenvalue weighted by Gasteiger charge is 2.65. The standard InChI is InChI=1S/C30H43N3O5S/c1-20-8-4-5-9-23(20)28(36)32-25-11-7-6-10-24(25)31-27(35)21-13-16-33(17-14-21)39(37,38)19-30-15-12-22(18-26(30)34)29(30,2)3/h4-5,8-9,21-22,24-25H,6-7,10-19H2,1-3H3,(H,31,35)(H,32,36)/t22-,24+,25+,30+/m0/s1. The number of nitrogens with zero attached hydrogens (tertiary/aromatic N) is 1. The Labute approximate surface area is 232 Å². The molecule has 0 aromatic heterocycles. The van der Waals surface area contributed by atoms with E-state index in [1.165, 1.54) is 4.31 Å². The summed E-state index contributed by atoms with van der Waals surface area (Å²) in [6.45, 7) is 6.63. The number of fused-ring (bicyclic) bond motifs is 2. The highest BCUT2D eigenvalue weighted by atomic mass is 32.2. The molecule has 2 amide bonds. The molecule has 4 fully saturated rings. The monoisotopic (exact) mass is 557 g/mol. The normalized spacial score (nSPS) is 31.3. The van der Waals surface area contributed by atoms with Crippen molar-refractivity contribution in [1.29, 1.82) is 0 Å². The molecule has 1 aliphatic heterocycles. The number of hydrogen-bond donors (Lipinski definition) is 2. The van der Waals surface area contributed by atoms with Crippen LogP contribution in [0.25, 0.3) is 0 Å². The van der Waals surface area contributed by atoms with Crippen LogP contribution in [-0.2, 0) is 19.6 Å². The molecule has 4 aliphatic rings. The van der Waals surface area contributed by atoms with Crippen LogP contribution in [0, 0.1) is 29.6 Å². The van der Waals surface area contributed by atoms with Crippen LogP contribution in [0.15, 0.2) is 24.3 Å². The smallest absolute Gasteiger partial charge is 0.251 e. The summed E-state index contributed by atoms with van der Waals surface area (Å²) in [5.74, 6) is -0.153. The molecule has 2 bridgehead atoms. The van der Waals surface area contributed by atoms with Crippen molar-refractivity contribution in [3.05, 3.63) is 35.4 Å². The van der Waals surface area contributed by atoms with Gasteiger partial charge in [0.15, 0.2) is 0 Å². The first-order chi connectivity index (χ1) is 18.4. The quantitative estimate of drug-likeness (QED) is 0.532. The van der Waals surface area contributed by atoms with Crippen LogP contribution in [0.3, 0.4) is 0 Å². The maximum absolute atomic E-state index is 13.5. The van der Waals surface area contributed by atoms with Crippen LogP contribution in [0.5, 0.6) is 0 Å². The molecule has 1 aromatic rings. The van der Waals surface area contributed by atoms with Crippen molar-refractivity contribution in [2.24, 2.45) is 22.7 Å². The third-order valence-corrected chi connectivity index (χ3v) is 12.6. The lowest BCUT2D eigenvalue weighted by molar-refractivity contribution is -0.128. The largest absolute Gasteiger partial charge is 0.351 e. The summed E-state index contributed by atoms with van der Waals surface area (Å²) in [7, 11) is -3.61. The van der Waals surface area contributed by atoms with Crippen molar-refractivity contribution in [1.82, 2.24) is 14.9 Å². The molecular weight excluding hydrogens is 514 g/mol. The molecule has 9 heteroatoms. The van der Waals surface area contributed by atoms with Gasteiger partial charge in [-0.3, -0.25) is 14.4 Å². The van der Waals surface area contributed by atoms with Gasteiger partial charge >= 0.3 is 0 Å². The SMILES string of the molecule is Cc1ccccc1C(=O)N[C@@H]1CCCC[C@H]1NC(=O)C1CCN(S(=O)(=O)C[C@]23CC[C@@H](CC2=O)C3(C)C)CC1. The van der Waals surface area contributed by atoms with Crippen molar-refractivity contribution in [2.45, 2.75) is 90.6 Å². The van der Waals surface area contributed by atoms with Gasteiger partial charge in [0.05, 0.1) is 5.75 Å². The van der Waals surface area contributed by atoms with Gasteiger partial charge in [-0.1, -0.05) is 44.9 Å². The molecule has 4 atom stereocenters. The van der Waals surface area contributed by atoms with E-state index in [9.17, 15) is 22.8 Å². The fourth-order valence-electron chi connectivity index (χ4n) is 7.76. The van der Waals surface area contributed by atoms with Gasteiger partial charge in [-0.25, -0.2) is 12.7 Å². The fraction of sp³-hybridized carbons (Fsp3) is 0.700. The average molecular weight is 558 g/mol. The van der Waals surface area contributed by atoms with E-state index in [1.54, 1.807) is 0 Å². The number of Topliss-reactive ketones (excluding diaryl/α,β-unsaturated/α-hetero) is 1. The Balaban J connectivity index is 1.16. The molecule has 1 aromatic carbocycles. The zero-order valence-corrected chi connectivity index (χ0v) is 24.3. The maximum Gasteiger partial charge on any atom is 0.251 e. The van der Waals surface area contributed by atoms with Gasteiger partial charge in [-0.05, 0) is 68.4 Å². The number of rotatable bonds is 7. The predicted octanol–water partition coefficient (Wildman–Crippen LogP) is 3.59. The first-order valence-corrected chi connectivity index (χ1v) is 16.2. The van der Waals surface area contributed by atoms with E-state index < -0.39 is 15.4 Å². The van der Waals surface area contributed by atoms with Gasteiger partial charge in [0.25, 0.3) is 5.91 Å². The Morgan fingerprint density at radius 3 is 2.21 bits per heavy atom. The van der Waals surface area contributed by atoms with E-state index in [2.05, 4.69) is 24.5 Å². The summed E-state index contributed by atoms with van der Waals surface area (Å²) >= 11 is 0. The van der Waals surface area contributed by atoms with E-state index in [0.29, 0.717) is 44.3 Å². The molecule has 214 valence electrons. The molecule has 3 aliphatic carbocycles. The highest BCUT2D eigenvalue weighted by Crippen LogP contribution is 2.64. The predicted molar refractivity (Wildman–Crippen MR) is 149 cm³/mol. The minimum Gasteiger partial charge on any atom is -0.351 e. The zero-order chi connectivity index (χ0) is 28.0. The molecule has 5 rings (SSSR count). The number of ketones is 1. The first-order valence-electron chi connectivity index (χ1n) is 14.6. The van der Waals surface area contributed by atoms with Crippen LogP contribution in [0.1, 0.15) is 87.6 Å². The molecule has 8 nitrogen and oxygen atoms in total. The molecule has 1 heterocycles. The second-order valence-corrected chi connectivity index (χ2v) is 14.9. The number of aryl methyl sites for hydroxylation is 1. The number of hydrogen-bond acceptors (Lipinski definition) is 5. The molecule has 39 heavy (non-hydrogen) atoms. The van der Waals surface area contributed by atoms with Gasteiger partial charge in [0.2, 0.25) is 15.9 Å². The third-order valence-electron chi connectivity index (χ3n) is 10.6. The number of carbonyl (C=O) groups is 3. The fourth-order valence-corrected chi connectivity index (χ4v) is 10.0. The second kappa shape index (κ2) is 10.6. The molecule has 3 saturated carbocycles. The lowest BCUT2D eigenvalue weighted by atomic mass is 9.70. The van der Waals surface area contributed by atoms with E-state index in [-0.39, 0.29) is 52.7 Å². The number of piperidine rings is 1. The number of amides is 2. The van der Waals surface area contributed by atoms with Crippen molar-refractivity contribution >= 4 is 27.6 Å². The van der Waals surface area contributed by atoms with Crippen molar-refractivity contribution in [3.8, 4) is 0 Å². The Morgan fingerprint density at radius 1 is 0.974 bits per heavy atom. The van der Waals surface area contributed by atoms with E-state index in [4.69, 9.17) is 0 Å². The van der Waals surface area contributed by atoms with Crippen LogP contribution in [-0.4, -0.2) is 61.2 Å². The number of carbonyl (C=O) groups excluding carboxylic acids is 3. The lowest BCUT2D eigenvalue weighted by Crippen LogP contribution is -2.55. The number of nitrogens with one attached hydrogen (secondary N) is 2. The van der Waals surface area contributed by atoms with Crippen molar-refractivity contribution < 1.29 is 22.8 Å². The van der Waals surface area contributed by atoms with E-state index >= 15 is 0 Å². The minimum atomic E-state index is -3.61. The summed E-state index contributed by atoms with van der Waals surface area (Å²) in [6.07, 6.45) is 6.63. The third kappa shape index (κ3) is 5.17. The Bertz CT molecular complexity index is 1240. The number of benzene rings is 1. The van der Waals surface area contributed by atoms with Gasteiger partial charge in [-0.15, -0.1) is 0 Å². The summed E-state index contributed by atoms with van der Waals surface area (Å²) in [5, 5.41) is 6.34. The molecule has 0 spiro atoms. The van der Waals surface area contributed by atoms with Crippen molar-refractivity contribution in [2.75, 3.05) is 18.8 Å². The second-order valence-electron chi connectivity index (χ2n) is 12.9. The molecular formula is C30H43N3O5S. The average Bonchev–Trinajstić information content (AvgIpc) is 3.24. The first kappa shape index (κ1) is 28.3. The van der Waals surface area contributed by atoms with Gasteiger partial charge < -0.3 is 10.6 Å². The van der Waals surface area contributed by atoms with Crippen LogP contribution >= 0.6 is 0 Å². The summed E-state index contributed by atoms with van der Waals surface area (Å²) in [5.41, 5.74) is 0.502. The van der Waals surface area contributed by atoms with Crippen molar-refractivity contribution in [3.63, 3.8) is 0 Å². The molecule has 2 N–H and O–H groups in total. The Morgan fingerprint density at radius 2 is 1.62 bits per heavy atom. The molecule has 0 radical (unpaired) electrons. The van der Waals surface area contributed by atoms with Gasteiger partial charge in [0, 0.05) is 48.5 Å². The van der Waals surface area contributed by atoms with Crippen LogP contribution < -0.4 is 10.6 Å². The van der Waals surface area contributed by atoms with E-state index in [0.717, 1.165) is 37.7 Å². The summed E-state index contributed by atoms with van der Waals surface area (Å²) in [6, 6.07) is 7.23. The Hall–Kier alpha value is -2.26. The lowest BCUT2D eigenvalue weighted by Gasteiger charge is -2.39. The minimum absolute atomic E-state index is 0.0570. The number of sulfonamides is 1. The summed E-state index contributed by atoms with van der Waals surface area (Å²) in [4.78, 5) is 39.1. The topological polar surface area (TPSA) is 113 Å². The maximum atomic E-state index is 13.5. The van der Waals surface area contributed by atoms with Crippen LogP contribution in [0.2, 0.25) is 0 Å². The zero-order valence-electron chi connectivity index (χ0n) is 23.5. The Kier molecular flexibility index (Phi) is 7.70.